The third kappa shape index (κ3) is 1.70. The molecule has 2 fully saturated rings. The van der Waals surface area contributed by atoms with Crippen LogP contribution in [-0.2, 0) is 0 Å². The van der Waals surface area contributed by atoms with Gasteiger partial charge in [0.15, 0.2) is 0 Å². The van der Waals surface area contributed by atoms with Gasteiger partial charge >= 0.3 is 0 Å². The first kappa shape index (κ1) is 7.88. The lowest BCUT2D eigenvalue weighted by molar-refractivity contribution is 0.214. The molecule has 11 heavy (non-hydrogen) atoms. The SMILES string of the molecule is ClC1CCC2CCCNC2C1. The minimum Gasteiger partial charge on any atom is -0.314 e. The number of fused-ring (bicyclic) bond motifs is 1. The molecule has 2 rings (SSSR count). The van der Waals surface area contributed by atoms with Gasteiger partial charge in [0.25, 0.3) is 0 Å². The molecule has 0 bridgehead atoms. The van der Waals surface area contributed by atoms with Gasteiger partial charge < -0.3 is 5.32 Å². The van der Waals surface area contributed by atoms with Crippen molar-refractivity contribution in [3.05, 3.63) is 0 Å². The van der Waals surface area contributed by atoms with Gasteiger partial charge in [-0.2, -0.15) is 0 Å². The first-order valence-electron chi connectivity index (χ1n) is 4.74. The maximum Gasteiger partial charge on any atom is 0.0351 e. The van der Waals surface area contributed by atoms with Gasteiger partial charge in [-0.25, -0.2) is 0 Å². The molecule has 1 aliphatic heterocycles. The summed E-state index contributed by atoms with van der Waals surface area (Å²) in [6.45, 7) is 1.21. The second-order valence-electron chi connectivity index (χ2n) is 3.87. The highest BCUT2D eigenvalue weighted by atomic mass is 35.5. The smallest absolute Gasteiger partial charge is 0.0351 e. The second kappa shape index (κ2) is 3.32. The number of piperidine rings is 1. The van der Waals surface area contributed by atoms with Gasteiger partial charge in [0.1, 0.15) is 0 Å². The van der Waals surface area contributed by atoms with Crippen LogP contribution in [0.25, 0.3) is 0 Å². The molecule has 2 aliphatic rings. The summed E-state index contributed by atoms with van der Waals surface area (Å²) in [5.74, 6) is 0.943. The molecule has 0 radical (unpaired) electrons. The summed E-state index contributed by atoms with van der Waals surface area (Å²) in [5, 5.41) is 4.01. The molecule has 0 spiro atoms. The molecule has 1 aliphatic carbocycles. The number of halogens is 1. The lowest BCUT2D eigenvalue weighted by atomic mass is 9.79. The van der Waals surface area contributed by atoms with E-state index in [4.69, 9.17) is 11.6 Å². The maximum absolute atomic E-state index is 6.10. The molecule has 1 nitrogen and oxygen atoms in total. The van der Waals surface area contributed by atoms with Crippen molar-refractivity contribution in [3.8, 4) is 0 Å². The van der Waals surface area contributed by atoms with Crippen LogP contribution in [0.5, 0.6) is 0 Å². The lowest BCUT2D eigenvalue weighted by Gasteiger charge is -2.38. The Morgan fingerprint density at radius 2 is 2.09 bits per heavy atom. The third-order valence-corrected chi connectivity index (χ3v) is 3.48. The van der Waals surface area contributed by atoms with E-state index in [2.05, 4.69) is 5.32 Å². The third-order valence-electron chi connectivity index (χ3n) is 3.09. The van der Waals surface area contributed by atoms with Crippen LogP contribution in [0.2, 0.25) is 0 Å². The average Bonchev–Trinajstić information content (AvgIpc) is 2.04. The Balaban J connectivity index is 1.93. The summed E-state index contributed by atoms with van der Waals surface area (Å²) >= 11 is 6.10. The highest BCUT2D eigenvalue weighted by Crippen LogP contribution is 2.32. The predicted octanol–water partition coefficient (Wildman–Crippen LogP) is 2.15. The molecule has 1 saturated heterocycles. The molecule has 3 unspecified atom stereocenters. The van der Waals surface area contributed by atoms with Crippen LogP contribution in [0, 0.1) is 5.92 Å². The van der Waals surface area contributed by atoms with Crippen LogP contribution in [0.4, 0.5) is 0 Å². The number of alkyl halides is 1. The predicted molar refractivity (Wildman–Crippen MR) is 48.0 cm³/mol. The van der Waals surface area contributed by atoms with Crippen LogP contribution in [-0.4, -0.2) is 18.0 Å². The molecular weight excluding hydrogens is 158 g/mol. The molecule has 0 aromatic carbocycles. The topological polar surface area (TPSA) is 12.0 Å². The minimum absolute atomic E-state index is 0.446. The van der Waals surface area contributed by atoms with Crippen molar-refractivity contribution < 1.29 is 0 Å². The molecule has 0 aromatic rings. The summed E-state index contributed by atoms with van der Waals surface area (Å²) in [5.41, 5.74) is 0. The molecule has 1 N–H and O–H groups in total. The van der Waals surface area contributed by atoms with E-state index in [1.165, 1.54) is 38.6 Å². The van der Waals surface area contributed by atoms with Crippen LogP contribution in [0.3, 0.4) is 0 Å². The Morgan fingerprint density at radius 1 is 1.18 bits per heavy atom. The summed E-state index contributed by atoms with van der Waals surface area (Å²) in [6, 6.07) is 0.750. The Labute approximate surface area is 73.5 Å². The fraction of sp³-hybridized carbons (Fsp3) is 1.00. The number of hydrogen-bond acceptors (Lipinski definition) is 1. The van der Waals surface area contributed by atoms with Crippen LogP contribution < -0.4 is 5.32 Å². The van der Waals surface area contributed by atoms with E-state index >= 15 is 0 Å². The summed E-state index contributed by atoms with van der Waals surface area (Å²) in [6.07, 6.45) is 6.60. The van der Waals surface area contributed by atoms with Crippen LogP contribution >= 0.6 is 11.6 Å². The molecule has 1 saturated carbocycles. The first-order chi connectivity index (χ1) is 5.36. The van der Waals surface area contributed by atoms with Crippen molar-refractivity contribution in [2.45, 2.75) is 43.5 Å². The van der Waals surface area contributed by atoms with Gasteiger partial charge in [-0.1, -0.05) is 0 Å². The molecule has 2 heteroatoms. The molecule has 0 amide bonds. The average molecular weight is 174 g/mol. The van der Waals surface area contributed by atoms with E-state index in [1.54, 1.807) is 0 Å². The summed E-state index contributed by atoms with van der Waals surface area (Å²) < 4.78 is 0. The Hall–Kier alpha value is 0.250. The van der Waals surface area contributed by atoms with Crippen LogP contribution in [0.1, 0.15) is 32.1 Å². The molecule has 0 aromatic heterocycles. The number of nitrogens with one attached hydrogen (secondary N) is 1. The molecular formula is C9H16ClN. The van der Waals surface area contributed by atoms with Gasteiger partial charge in [0, 0.05) is 11.4 Å². The summed E-state index contributed by atoms with van der Waals surface area (Å²) in [7, 11) is 0. The largest absolute Gasteiger partial charge is 0.314 e. The van der Waals surface area contributed by atoms with Gasteiger partial charge in [-0.3, -0.25) is 0 Å². The Bertz CT molecular complexity index is 138. The van der Waals surface area contributed by atoms with E-state index < -0.39 is 0 Å². The second-order valence-corrected chi connectivity index (χ2v) is 4.49. The fourth-order valence-corrected chi connectivity index (χ4v) is 2.75. The standard InChI is InChI=1S/C9H16ClN/c10-8-4-3-7-2-1-5-11-9(7)6-8/h7-9,11H,1-6H2. The first-order valence-corrected chi connectivity index (χ1v) is 5.17. The highest BCUT2D eigenvalue weighted by Gasteiger charge is 2.30. The van der Waals surface area contributed by atoms with Crippen molar-refractivity contribution in [3.63, 3.8) is 0 Å². The lowest BCUT2D eigenvalue weighted by Crippen LogP contribution is -2.45. The van der Waals surface area contributed by atoms with E-state index in [9.17, 15) is 0 Å². The zero-order valence-corrected chi connectivity index (χ0v) is 7.61. The Morgan fingerprint density at radius 3 is 3.00 bits per heavy atom. The highest BCUT2D eigenvalue weighted by molar-refractivity contribution is 6.20. The van der Waals surface area contributed by atoms with Gasteiger partial charge in [0.05, 0.1) is 0 Å². The van der Waals surface area contributed by atoms with Crippen molar-refractivity contribution >= 4 is 11.6 Å². The van der Waals surface area contributed by atoms with Gasteiger partial charge in [-0.05, 0) is 44.6 Å². The van der Waals surface area contributed by atoms with Crippen molar-refractivity contribution in [2.24, 2.45) is 5.92 Å². The zero-order chi connectivity index (χ0) is 7.68. The zero-order valence-electron chi connectivity index (χ0n) is 6.85. The van der Waals surface area contributed by atoms with Crippen molar-refractivity contribution in [2.75, 3.05) is 6.54 Å². The van der Waals surface area contributed by atoms with Crippen molar-refractivity contribution in [1.29, 1.82) is 0 Å². The number of rotatable bonds is 0. The van der Waals surface area contributed by atoms with E-state index in [0.717, 1.165) is 12.0 Å². The van der Waals surface area contributed by atoms with E-state index in [0.29, 0.717) is 5.38 Å². The Kier molecular flexibility index (Phi) is 2.38. The fourth-order valence-electron chi connectivity index (χ4n) is 2.43. The molecule has 1 heterocycles. The van der Waals surface area contributed by atoms with Gasteiger partial charge in [-0.15, -0.1) is 11.6 Å². The maximum atomic E-state index is 6.10. The van der Waals surface area contributed by atoms with E-state index in [-0.39, 0.29) is 0 Å². The monoisotopic (exact) mass is 173 g/mol. The van der Waals surface area contributed by atoms with Crippen LogP contribution in [0.15, 0.2) is 0 Å². The minimum atomic E-state index is 0.446. The normalized spacial score (nSPS) is 45.0. The van der Waals surface area contributed by atoms with Crippen molar-refractivity contribution in [1.82, 2.24) is 5.32 Å². The van der Waals surface area contributed by atoms with Gasteiger partial charge in [0.2, 0.25) is 0 Å². The molecule has 64 valence electrons. The number of hydrogen-bond donors (Lipinski definition) is 1. The molecule has 3 atom stereocenters. The quantitative estimate of drug-likeness (QED) is 0.554. The van der Waals surface area contributed by atoms with E-state index in [1.807, 2.05) is 0 Å². The summed E-state index contributed by atoms with van der Waals surface area (Å²) in [4.78, 5) is 0.